The molecule has 0 radical (unpaired) electrons. The van der Waals surface area contributed by atoms with Gasteiger partial charge in [0.05, 0.1) is 10.5 Å². The third-order valence-electron chi connectivity index (χ3n) is 4.82. The van der Waals surface area contributed by atoms with Crippen molar-refractivity contribution in [2.75, 3.05) is 0 Å². The van der Waals surface area contributed by atoms with Crippen LogP contribution in [0.15, 0.2) is 35.9 Å². The lowest BCUT2D eigenvalue weighted by Crippen LogP contribution is -2.27. The first-order chi connectivity index (χ1) is 9.77. The first kappa shape index (κ1) is 14.8. The standard InChI is InChI=1S/C18H24O2S/c1-18(2,3)15-6-4-13(5-7-15)10-14-11-16-8-9-17(12-14)21(16,19)20/h4-7,11,16-17H,8-10,12H2,1-3H3. The Morgan fingerprint density at radius 1 is 1.10 bits per heavy atom. The molecular weight excluding hydrogens is 280 g/mol. The van der Waals surface area contributed by atoms with E-state index in [0.29, 0.717) is 0 Å². The molecule has 1 saturated heterocycles. The summed E-state index contributed by atoms with van der Waals surface area (Å²) < 4.78 is 24.2. The fourth-order valence-electron chi connectivity index (χ4n) is 3.46. The molecule has 1 aromatic carbocycles. The first-order valence-corrected chi connectivity index (χ1v) is 9.39. The van der Waals surface area contributed by atoms with Crippen LogP contribution in [0.2, 0.25) is 0 Å². The van der Waals surface area contributed by atoms with E-state index in [1.165, 1.54) is 16.7 Å². The van der Waals surface area contributed by atoms with Gasteiger partial charge < -0.3 is 0 Å². The third kappa shape index (κ3) is 2.80. The molecule has 2 aliphatic heterocycles. The largest absolute Gasteiger partial charge is 0.228 e. The van der Waals surface area contributed by atoms with E-state index in [2.05, 4.69) is 45.0 Å². The molecule has 0 aliphatic carbocycles. The minimum atomic E-state index is -2.86. The minimum Gasteiger partial charge on any atom is -0.228 e. The van der Waals surface area contributed by atoms with Crippen LogP contribution in [0.5, 0.6) is 0 Å². The van der Waals surface area contributed by atoms with Gasteiger partial charge in [-0.1, -0.05) is 56.7 Å². The van der Waals surface area contributed by atoms with Crippen LogP contribution in [-0.4, -0.2) is 18.9 Å². The molecule has 0 spiro atoms. The average molecular weight is 304 g/mol. The van der Waals surface area contributed by atoms with Crippen LogP contribution in [0.4, 0.5) is 0 Å². The molecule has 0 amide bonds. The number of sulfone groups is 1. The maximum absolute atomic E-state index is 12.1. The Hall–Kier alpha value is -1.09. The Balaban J connectivity index is 1.77. The van der Waals surface area contributed by atoms with Crippen LogP contribution in [0.3, 0.4) is 0 Å². The predicted octanol–water partition coefficient (Wildman–Crippen LogP) is 3.80. The van der Waals surface area contributed by atoms with E-state index >= 15 is 0 Å². The van der Waals surface area contributed by atoms with Crippen molar-refractivity contribution in [2.45, 2.75) is 62.4 Å². The Bertz CT molecular complexity index is 660. The molecule has 2 nitrogen and oxygen atoms in total. The summed E-state index contributed by atoms with van der Waals surface area (Å²) in [5.74, 6) is 0. The summed E-state index contributed by atoms with van der Waals surface area (Å²) in [7, 11) is -2.86. The zero-order valence-corrected chi connectivity index (χ0v) is 13.9. The zero-order chi connectivity index (χ0) is 15.3. The monoisotopic (exact) mass is 304 g/mol. The lowest BCUT2D eigenvalue weighted by molar-refractivity contribution is 0.580. The molecule has 0 N–H and O–H groups in total. The maximum atomic E-state index is 12.1. The third-order valence-corrected chi connectivity index (χ3v) is 7.37. The molecule has 3 heteroatoms. The van der Waals surface area contributed by atoms with Crippen molar-refractivity contribution < 1.29 is 8.42 Å². The van der Waals surface area contributed by atoms with Crippen LogP contribution in [-0.2, 0) is 21.7 Å². The lowest BCUT2D eigenvalue weighted by atomic mass is 9.86. The molecule has 3 rings (SSSR count). The van der Waals surface area contributed by atoms with Crippen LogP contribution in [0, 0.1) is 0 Å². The predicted molar refractivity (Wildman–Crippen MR) is 87.3 cm³/mol. The van der Waals surface area contributed by atoms with Crippen molar-refractivity contribution in [2.24, 2.45) is 0 Å². The molecule has 2 unspecified atom stereocenters. The van der Waals surface area contributed by atoms with Crippen LogP contribution in [0.25, 0.3) is 0 Å². The Morgan fingerprint density at radius 3 is 2.33 bits per heavy atom. The van der Waals surface area contributed by atoms with Crippen molar-refractivity contribution in [1.29, 1.82) is 0 Å². The molecule has 2 bridgehead atoms. The van der Waals surface area contributed by atoms with Crippen molar-refractivity contribution in [1.82, 2.24) is 0 Å². The molecule has 21 heavy (non-hydrogen) atoms. The SMILES string of the molecule is CC(C)(C)c1ccc(CC2=CC3CCC(C2)S3(=O)=O)cc1. The lowest BCUT2D eigenvalue weighted by Gasteiger charge is -2.21. The number of allylic oxidation sites excluding steroid dienone is 1. The van der Waals surface area contributed by atoms with Crippen molar-refractivity contribution >= 4 is 9.84 Å². The molecule has 114 valence electrons. The second-order valence-electron chi connectivity index (χ2n) is 7.48. The summed E-state index contributed by atoms with van der Waals surface area (Å²) in [6, 6.07) is 8.77. The molecular formula is C18H24O2S. The summed E-state index contributed by atoms with van der Waals surface area (Å²) in [4.78, 5) is 0. The van der Waals surface area contributed by atoms with Crippen LogP contribution < -0.4 is 0 Å². The van der Waals surface area contributed by atoms with Crippen LogP contribution >= 0.6 is 0 Å². The Kier molecular flexibility index (Phi) is 3.52. The van der Waals surface area contributed by atoms with E-state index < -0.39 is 9.84 Å². The van der Waals surface area contributed by atoms with Gasteiger partial charge in [-0.2, -0.15) is 0 Å². The van der Waals surface area contributed by atoms with E-state index in [-0.39, 0.29) is 15.9 Å². The molecule has 0 saturated carbocycles. The van der Waals surface area contributed by atoms with Gasteiger partial charge in [-0.15, -0.1) is 0 Å². The summed E-state index contributed by atoms with van der Waals surface area (Å²) >= 11 is 0. The highest BCUT2D eigenvalue weighted by Gasteiger charge is 2.42. The number of rotatable bonds is 2. The van der Waals surface area contributed by atoms with Crippen molar-refractivity contribution in [3.63, 3.8) is 0 Å². The second-order valence-corrected chi connectivity index (χ2v) is 9.93. The van der Waals surface area contributed by atoms with Gasteiger partial charge in [0.15, 0.2) is 9.84 Å². The van der Waals surface area contributed by atoms with E-state index in [4.69, 9.17) is 0 Å². The van der Waals surface area contributed by atoms with E-state index in [9.17, 15) is 8.42 Å². The number of fused-ring (bicyclic) bond motifs is 2. The molecule has 1 fully saturated rings. The van der Waals surface area contributed by atoms with E-state index in [1.807, 2.05) is 6.08 Å². The summed E-state index contributed by atoms with van der Waals surface area (Å²) in [5.41, 5.74) is 4.11. The summed E-state index contributed by atoms with van der Waals surface area (Å²) in [5, 5.41) is -0.323. The van der Waals surface area contributed by atoms with Gasteiger partial charge in [-0.05, 0) is 42.2 Å². The zero-order valence-electron chi connectivity index (χ0n) is 13.1. The van der Waals surface area contributed by atoms with Gasteiger partial charge in [0.2, 0.25) is 0 Å². The highest BCUT2D eigenvalue weighted by molar-refractivity contribution is 7.93. The van der Waals surface area contributed by atoms with Gasteiger partial charge in [-0.25, -0.2) is 8.42 Å². The highest BCUT2D eigenvalue weighted by Crippen LogP contribution is 2.38. The first-order valence-electron chi connectivity index (χ1n) is 7.78. The van der Waals surface area contributed by atoms with E-state index in [1.54, 1.807) is 0 Å². The molecule has 2 heterocycles. The van der Waals surface area contributed by atoms with Gasteiger partial charge in [-0.3, -0.25) is 0 Å². The Morgan fingerprint density at radius 2 is 1.76 bits per heavy atom. The topological polar surface area (TPSA) is 34.1 Å². The van der Waals surface area contributed by atoms with Gasteiger partial charge >= 0.3 is 0 Å². The van der Waals surface area contributed by atoms with Crippen LogP contribution in [0.1, 0.15) is 51.2 Å². The van der Waals surface area contributed by atoms with Gasteiger partial charge in [0.1, 0.15) is 0 Å². The van der Waals surface area contributed by atoms with Crippen molar-refractivity contribution in [3.8, 4) is 0 Å². The normalized spacial score (nSPS) is 27.5. The van der Waals surface area contributed by atoms with Gasteiger partial charge in [0.25, 0.3) is 0 Å². The summed E-state index contributed by atoms with van der Waals surface area (Å²) in [6.07, 6.45) is 5.32. The fraction of sp³-hybridized carbons (Fsp3) is 0.556. The Labute approximate surface area is 128 Å². The molecule has 1 aromatic rings. The fourth-order valence-corrected chi connectivity index (χ4v) is 5.71. The number of benzene rings is 1. The maximum Gasteiger partial charge on any atom is 0.159 e. The highest BCUT2D eigenvalue weighted by atomic mass is 32.2. The minimum absolute atomic E-state index is 0.114. The van der Waals surface area contributed by atoms with Crippen molar-refractivity contribution in [3.05, 3.63) is 47.0 Å². The number of hydrogen-bond donors (Lipinski definition) is 0. The molecule has 0 aromatic heterocycles. The average Bonchev–Trinajstić information content (AvgIpc) is 2.59. The quantitative estimate of drug-likeness (QED) is 0.779. The molecule has 2 aliphatic rings. The summed E-state index contributed by atoms with van der Waals surface area (Å²) in [6.45, 7) is 6.65. The van der Waals surface area contributed by atoms with E-state index in [0.717, 1.165) is 25.7 Å². The number of hydrogen-bond acceptors (Lipinski definition) is 2. The second kappa shape index (κ2) is 4.98. The van der Waals surface area contributed by atoms with Gasteiger partial charge in [0, 0.05) is 0 Å². The smallest absolute Gasteiger partial charge is 0.159 e. The molecule has 2 atom stereocenters.